The summed E-state index contributed by atoms with van der Waals surface area (Å²) in [6, 6.07) is 1.21. The number of benzene rings is 1. The molecule has 1 aromatic carbocycles. The molecule has 1 aromatic rings. The molecule has 0 unspecified atom stereocenters. The fourth-order valence-corrected chi connectivity index (χ4v) is 1.34. The SMILES string of the molecule is COC(=O)c1c(N)c(F)cc(C)c1OC. The number of anilines is 1. The molecule has 0 amide bonds. The van der Waals surface area contributed by atoms with Crippen LogP contribution in [0.25, 0.3) is 0 Å². The molecule has 82 valence electrons. The van der Waals surface area contributed by atoms with Gasteiger partial charge in [0.05, 0.1) is 19.9 Å². The first-order valence-electron chi connectivity index (χ1n) is 4.23. The summed E-state index contributed by atoms with van der Waals surface area (Å²) >= 11 is 0. The Morgan fingerprint density at radius 1 is 1.47 bits per heavy atom. The van der Waals surface area contributed by atoms with E-state index in [1.807, 2.05) is 0 Å². The average Bonchev–Trinajstić information content (AvgIpc) is 2.21. The van der Waals surface area contributed by atoms with E-state index in [0.29, 0.717) is 5.56 Å². The lowest BCUT2D eigenvalue weighted by Crippen LogP contribution is -2.10. The van der Waals surface area contributed by atoms with Gasteiger partial charge in [-0.15, -0.1) is 0 Å². The van der Waals surface area contributed by atoms with E-state index >= 15 is 0 Å². The van der Waals surface area contributed by atoms with Gasteiger partial charge in [0, 0.05) is 0 Å². The predicted molar refractivity (Wildman–Crippen MR) is 53.4 cm³/mol. The van der Waals surface area contributed by atoms with Crippen molar-refractivity contribution in [1.29, 1.82) is 0 Å². The lowest BCUT2D eigenvalue weighted by molar-refractivity contribution is 0.0597. The first-order chi connectivity index (χ1) is 7.02. The average molecular weight is 213 g/mol. The molecule has 4 nitrogen and oxygen atoms in total. The highest BCUT2D eigenvalue weighted by Gasteiger charge is 2.21. The molecule has 2 N–H and O–H groups in total. The summed E-state index contributed by atoms with van der Waals surface area (Å²) in [6.45, 7) is 1.62. The third kappa shape index (κ3) is 1.86. The molecule has 15 heavy (non-hydrogen) atoms. The molecule has 0 saturated heterocycles. The summed E-state index contributed by atoms with van der Waals surface area (Å²) in [7, 11) is 2.58. The van der Waals surface area contributed by atoms with Crippen LogP contribution in [0.15, 0.2) is 6.07 Å². The van der Waals surface area contributed by atoms with Crippen LogP contribution < -0.4 is 10.5 Å². The van der Waals surface area contributed by atoms with Gasteiger partial charge in [0.2, 0.25) is 0 Å². The smallest absolute Gasteiger partial charge is 0.343 e. The van der Waals surface area contributed by atoms with Crippen molar-refractivity contribution in [2.45, 2.75) is 6.92 Å². The van der Waals surface area contributed by atoms with Crippen molar-refractivity contribution in [3.63, 3.8) is 0 Å². The summed E-state index contributed by atoms with van der Waals surface area (Å²) in [4.78, 5) is 11.4. The lowest BCUT2D eigenvalue weighted by Gasteiger charge is -2.12. The summed E-state index contributed by atoms with van der Waals surface area (Å²) < 4.78 is 22.8. The molecule has 0 fully saturated rings. The van der Waals surface area contributed by atoms with E-state index in [2.05, 4.69) is 4.74 Å². The van der Waals surface area contributed by atoms with Crippen LogP contribution in [0.1, 0.15) is 15.9 Å². The predicted octanol–water partition coefficient (Wildman–Crippen LogP) is 1.51. The van der Waals surface area contributed by atoms with Crippen LogP contribution >= 0.6 is 0 Å². The molecular formula is C10H12FNO3. The van der Waals surface area contributed by atoms with Gasteiger partial charge in [0.1, 0.15) is 17.1 Å². The fraction of sp³-hybridized carbons (Fsp3) is 0.300. The summed E-state index contributed by atoms with van der Waals surface area (Å²) in [5, 5.41) is 0. The molecule has 0 aliphatic carbocycles. The molecule has 0 saturated carbocycles. The second-order valence-electron chi connectivity index (χ2n) is 2.99. The normalized spacial score (nSPS) is 9.87. The Morgan fingerprint density at radius 2 is 2.07 bits per heavy atom. The maximum absolute atomic E-state index is 13.3. The van der Waals surface area contributed by atoms with E-state index in [9.17, 15) is 9.18 Å². The van der Waals surface area contributed by atoms with Crippen LogP contribution in [0.2, 0.25) is 0 Å². The Morgan fingerprint density at radius 3 is 2.53 bits per heavy atom. The largest absolute Gasteiger partial charge is 0.495 e. The van der Waals surface area contributed by atoms with Crippen LogP contribution in [0, 0.1) is 12.7 Å². The summed E-state index contributed by atoms with van der Waals surface area (Å²) in [5.41, 5.74) is 5.61. The number of aryl methyl sites for hydroxylation is 1. The number of esters is 1. The summed E-state index contributed by atoms with van der Waals surface area (Å²) in [6.07, 6.45) is 0. The van der Waals surface area contributed by atoms with Crippen molar-refractivity contribution in [1.82, 2.24) is 0 Å². The molecular weight excluding hydrogens is 201 g/mol. The van der Waals surface area contributed by atoms with Crippen LogP contribution in [-0.2, 0) is 4.74 Å². The van der Waals surface area contributed by atoms with Crippen molar-refractivity contribution >= 4 is 11.7 Å². The third-order valence-corrected chi connectivity index (χ3v) is 2.05. The van der Waals surface area contributed by atoms with E-state index in [1.165, 1.54) is 20.3 Å². The quantitative estimate of drug-likeness (QED) is 0.597. The highest BCUT2D eigenvalue weighted by atomic mass is 19.1. The van der Waals surface area contributed by atoms with Gasteiger partial charge < -0.3 is 15.2 Å². The minimum atomic E-state index is -0.716. The number of halogens is 1. The van der Waals surface area contributed by atoms with Gasteiger partial charge in [0.25, 0.3) is 0 Å². The fourth-order valence-electron chi connectivity index (χ4n) is 1.34. The Hall–Kier alpha value is -1.78. The number of nitrogens with two attached hydrogens (primary N) is 1. The van der Waals surface area contributed by atoms with Crippen LogP contribution in [0.5, 0.6) is 5.75 Å². The first-order valence-corrected chi connectivity index (χ1v) is 4.23. The number of nitrogen functional groups attached to an aromatic ring is 1. The van der Waals surface area contributed by atoms with E-state index in [-0.39, 0.29) is 17.0 Å². The number of hydrogen-bond acceptors (Lipinski definition) is 4. The van der Waals surface area contributed by atoms with Crippen molar-refractivity contribution in [3.8, 4) is 5.75 Å². The number of rotatable bonds is 2. The van der Waals surface area contributed by atoms with E-state index < -0.39 is 11.8 Å². The number of methoxy groups -OCH3 is 2. The zero-order valence-electron chi connectivity index (χ0n) is 8.76. The topological polar surface area (TPSA) is 61.5 Å². The molecule has 0 aromatic heterocycles. The molecule has 0 bridgehead atoms. The monoisotopic (exact) mass is 213 g/mol. The van der Waals surface area contributed by atoms with Gasteiger partial charge >= 0.3 is 5.97 Å². The van der Waals surface area contributed by atoms with Crippen LogP contribution in [0.3, 0.4) is 0 Å². The molecule has 1 rings (SSSR count). The number of carbonyl (C=O) groups excluding carboxylic acids is 1. The van der Waals surface area contributed by atoms with Crippen molar-refractivity contribution in [2.24, 2.45) is 0 Å². The highest BCUT2D eigenvalue weighted by molar-refractivity contribution is 5.98. The van der Waals surface area contributed by atoms with Crippen molar-refractivity contribution < 1.29 is 18.7 Å². The Kier molecular flexibility index (Phi) is 3.14. The molecule has 0 aliphatic rings. The Labute approximate surface area is 86.8 Å². The molecule has 0 radical (unpaired) electrons. The van der Waals surface area contributed by atoms with Gasteiger partial charge in [-0.25, -0.2) is 9.18 Å². The molecule has 0 atom stereocenters. The standard InChI is InChI=1S/C10H12FNO3/c1-5-4-6(11)8(12)7(9(5)14-2)10(13)15-3/h4H,12H2,1-3H3. The number of hydrogen-bond donors (Lipinski definition) is 1. The van der Waals surface area contributed by atoms with Crippen LogP contribution in [-0.4, -0.2) is 20.2 Å². The lowest BCUT2D eigenvalue weighted by atomic mass is 10.1. The third-order valence-electron chi connectivity index (χ3n) is 2.05. The first kappa shape index (κ1) is 11.3. The van der Waals surface area contributed by atoms with E-state index in [4.69, 9.17) is 10.5 Å². The molecule has 0 spiro atoms. The second kappa shape index (κ2) is 4.16. The number of carbonyl (C=O) groups is 1. The van der Waals surface area contributed by atoms with Crippen LogP contribution in [0.4, 0.5) is 10.1 Å². The second-order valence-corrected chi connectivity index (χ2v) is 2.99. The van der Waals surface area contributed by atoms with Gasteiger partial charge in [0.15, 0.2) is 0 Å². The zero-order chi connectivity index (χ0) is 11.6. The Bertz CT molecular complexity index is 404. The molecule has 0 heterocycles. The zero-order valence-corrected chi connectivity index (χ0v) is 8.76. The summed E-state index contributed by atoms with van der Waals surface area (Å²) in [5.74, 6) is -1.14. The van der Waals surface area contributed by atoms with Gasteiger partial charge in [-0.1, -0.05) is 0 Å². The van der Waals surface area contributed by atoms with E-state index in [1.54, 1.807) is 6.92 Å². The van der Waals surface area contributed by atoms with Gasteiger partial charge in [-0.2, -0.15) is 0 Å². The molecule has 0 aliphatic heterocycles. The van der Waals surface area contributed by atoms with E-state index in [0.717, 1.165) is 0 Å². The van der Waals surface area contributed by atoms with Gasteiger partial charge in [-0.3, -0.25) is 0 Å². The molecule has 5 heteroatoms. The van der Waals surface area contributed by atoms with Gasteiger partial charge in [-0.05, 0) is 18.6 Å². The minimum Gasteiger partial charge on any atom is -0.495 e. The maximum Gasteiger partial charge on any atom is 0.343 e. The highest BCUT2D eigenvalue weighted by Crippen LogP contribution is 2.31. The Balaban J connectivity index is 3.50. The minimum absolute atomic E-state index is 0.0718. The van der Waals surface area contributed by atoms with Crippen molar-refractivity contribution in [3.05, 3.63) is 23.0 Å². The van der Waals surface area contributed by atoms with Crippen molar-refractivity contribution in [2.75, 3.05) is 20.0 Å². The maximum atomic E-state index is 13.3. The number of ether oxygens (including phenoxy) is 2.